The predicted molar refractivity (Wildman–Crippen MR) is 263 cm³/mol. The molecule has 1 aliphatic heterocycles. The molecule has 2 aromatic heterocycles. The summed E-state index contributed by atoms with van der Waals surface area (Å²) in [5.74, 6) is 0.711. The molecule has 0 fully saturated rings. The lowest BCUT2D eigenvalue weighted by molar-refractivity contribution is 0.723. The van der Waals surface area contributed by atoms with Gasteiger partial charge in [-0.2, -0.15) is 0 Å². The average Bonchev–Trinajstić information content (AvgIpc) is 3.65. The Kier molecular flexibility index (Phi) is 8.37. The van der Waals surface area contributed by atoms with Crippen molar-refractivity contribution in [1.29, 1.82) is 0 Å². The highest BCUT2D eigenvalue weighted by molar-refractivity contribution is 7.99. The minimum absolute atomic E-state index is 0.517. The van der Waals surface area contributed by atoms with Crippen molar-refractivity contribution < 1.29 is 0 Å². The van der Waals surface area contributed by atoms with Gasteiger partial charge in [0.2, 0.25) is 0 Å². The van der Waals surface area contributed by atoms with Gasteiger partial charge in [-0.15, -0.1) is 0 Å². The Balaban J connectivity index is 1.02. The molecular formula is C60H37N3S. The fraction of sp³-hybridized carbons (Fsp3) is 0.0167. The molecule has 1 aliphatic carbocycles. The van der Waals surface area contributed by atoms with Gasteiger partial charge in [-0.25, -0.2) is 15.0 Å². The molecule has 9 aromatic carbocycles. The van der Waals surface area contributed by atoms with Crippen molar-refractivity contribution in [2.75, 3.05) is 0 Å². The van der Waals surface area contributed by atoms with Crippen LogP contribution in [0.4, 0.5) is 0 Å². The lowest BCUT2D eigenvalue weighted by Gasteiger charge is -2.39. The summed E-state index contributed by atoms with van der Waals surface area (Å²) >= 11 is 1.88. The Morgan fingerprint density at radius 3 is 1.53 bits per heavy atom. The molecule has 4 heteroatoms. The smallest absolute Gasteiger partial charge is 0.160 e. The van der Waals surface area contributed by atoms with Gasteiger partial charge in [0, 0.05) is 42.8 Å². The molecule has 298 valence electrons. The van der Waals surface area contributed by atoms with Crippen molar-refractivity contribution in [3.8, 4) is 67.4 Å². The Labute approximate surface area is 375 Å². The first-order chi connectivity index (χ1) is 31.7. The third-order valence-electron chi connectivity index (χ3n) is 13.1. The molecule has 2 aliphatic rings. The van der Waals surface area contributed by atoms with Gasteiger partial charge in [-0.3, -0.25) is 0 Å². The molecular weight excluding hydrogens is 795 g/mol. The molecule has 1 spiro atoms. The average molecular weight is 832 g/mol. The van der Waals surface area contributed by atoms with Crippen LogP contribution >= 0.6 is 11.8 Å². The maximum Gasteiger partial charge on any atom is 0.160 e. The van der Waals surface area contributed by atoms with Crippen LogP contribution in [0, 0.1) is 0 Å². The van der Waals surface area contributed by atoms with Crippen molar-refractivity contribution in [2.24, 2.45) is 0 Å². The fourth-order valence-electron chi connectivity index (χ4n) is 10.2. The summed E-state index contributed by atoms with van der Waals surface area (Å²) in [5.41, 5.74) is 17.5. The number of hydrogen-bond donors (Lipinski definition) is 0. The van der Waals surface area contributed by atoms with E-state index in [1.165, 1.54) is 48.6 Å². The minimum atomic E-state index is -0.517. The Hall–Kier alpha value is -7.92. The SMILES string of the molecule is c1ccc(-c2cc(-c3ccc(-c4ccc5c(c4)-c4cc6c(-c7ccccc7)nc7ccccc7c6cc4C54c5ccccc5Sc5ccccc54)cc3)nc(-c3ccccc3)n2)cc1. The Morgan fingerprint density at radius 2 is 0.844 bits per heavy atom. The van der Waals surface area contributed by atoms with Crippen molar-refractivity contribution in [3.05, 3.63) is 247 Å². The van der Waals surface area contributed by atoms with E-state index in [0.717, 1.165) is 66.8 Å². The second-order valence-corrected chi connectivity index (χ2v) is 17.7. The van der Waals surface area contributed by atoms with Crippen LogP contribution in [-0.4, -0.2) is 15.0 Å². The van der Waals surface area contributed by atoms with Gasteiger partial charge in [0.25, 0.3) is 0 Å². The molecule has 0 amide bonds. The summed E-state index contributed by atoms with van der Waals surface area (Å²) in [6, 6.07) is 81.0. The highest BCUT2D eigenvalue weighted by Crippen LogP contribution is 2.63. The number of para-hydroxylation sites is 1. The van der Waals surface area contributed by atoms with E-state index >= 15 is 0 Å². The molecule has 0 radical (unpaired) electrons. The number of benzene rings is 9. The zero-order valence-electron chi connectivity index (χ0n) is 34.6. The minimum Gasteiger partial charge on any atom is -0.247 e. The largest absolute Gasteiger partial charge is 0.247 e. The molecule has 0 unspecified atom stereocenters. The molecule has 11 aromatic rings. The van der Waals surface area contributed by atoms with Gasteiger partial charge in [-0.05, 0) is 92.4 Å². The Bertz CT molecular complexity index is 3520. The third-order valence-corrected chi connectivity index (χ3v) is 14.3. The molecule has 64 heavy (non-hydrogen) atoms. The van der Waals surface area contributed by atoms with E-state index in [4.69, 9.17) is 15.0 Å². The van der Waals surface area contributed by atoms with Crippen LogP contribution in [0.5, 0.6) is 0 Å². The van der Waals surface area contributed by atoms with Crippen LogP contribution in [0.15, 0.2) is 234 Å². The van der Waals surface area contributed by atoms with Crippen LogP contribution in [0.3, 0.4) is 0 Å². The van der Waals surface area contributed by atoms with E-state index in [-0.39, 0.29) is 0 Å². The summed E-state index contributed by atoms with van der Waals surface area (Å²) < 4.78 is 0. The second kappa shape index (κ2) is 14.6. The van der Waals surface area contributed by atoms with Crippen molar-refractivity contribution in [3.63, 3.8) is 0 Å². The van der Waals surface area contributed by atoms with E-state index in [1.54, 1.807) is 0 Å². The van der Waals surface area contributed by atoms with Gasteiger partial charge in [0.15, 0.2) is 5.82 Å². The number of fused-ring (bicyclic) bond motifs is 12. The number of aromatic nitrogens is 3. The maximum atomic E-state index is 5.36. The standard InChI is InChI=1S/C60H37N3S/c1-4-16-39(17-5-1)54-37-55(63-59(62-54)42-20-8-3-9-21-42)40-30-28-38(29-31-40)43-32-33-49-46(34-43)47-35-48-45(44-22-10-13-25-53(44)61-58(48)41-18-6-2-7-19-41)36-52(47)60(49)50-23-11-14-26-56(50)64-57-27-15-12-24-51(57)60/h1-37H. The lowest BCUT2D eigenvalue weighted by atomic mass is 9.67. The van der Waals surface area contributed by atoms with Crippen LogP contribution in [-0.2, 0) is 5.41 Å². The molecule has 3 nitrogen and oxygen atoms in total. The summed E-state index contributed by atoms with van der Waals surface area (Å²) in [6.07, 6.45) is 0. The van der Waals surface area contributed by atoms with Crippen molar-refractivity contribution in [1.82, 2.24) is 15.0 Å². The van der Waals surface area contributed by atoms with E-state index < -0.39 is 5.41 Å². The zero-order valence-corrected chi connectivity index (χ0v) is 35.4. The summed E-state index contributed by atoms with van der Waals surface area (Å²) in [5, 5.41) is 3.53. The van der Waals surface area contributed by atoms with E-state index in [2.05, 4.69) is 200 Å². The third kappa shape index (κ3) is 5.66. The number of hydrogen-bond acceptors (Lipinski definition) is 4. The molecule has 0 saturated carbocycles. The quantitative estimate of drug-likeness (QED) is 0.162. The molecule has 0 atom stereocenters. The topological polar surface area (TPSA) is 38.7 Å². The van der Waals surface area contributed by atoms with Crippen LogP contribution in [0.1, 0.15) is 22.3 Å². The monoisotopic (exact) mass is 831 g/mol. The molecule has 13 rings (SSSR count). The van der Waals surface area contributed by atoms with Gasteiger partial charge in [0.05, 0.1) is 28.0 Å². The second-order valence-electron chi connectivity index (χ2n) is 16.7. The maximum absolute atomic E-state index is 5.36. The van der Waals surface area contributed by atoms with Crippen molar-refractivity contribution >= 4 is 33.4 Å². The molecule has 0 bridgehead atoms. The summed E-state index contributed by atoms with van der Waals surface area (Å²) in [4.78, 5) is 18.1. The van der Waals surface area contributed by atoms with E-state index in [1.807, 2.05) is 36.0 Å². The first-order valence-corrected chi connectivity index (χ1v) is 22.6. The number of pyridine rings is 1. The van der Waals surface area contributed by atoms with Gasteiger partial charge >= 0.3 is 0 Å². The van der Waals surface area contributed by atoms with Crippen molar-refractivity contribution in [2.45, 2.75) is 15.2 Å². The highest BCUT2D eigenvalue weighted by Gasteiger charge is 2.50. The normalized spacial score (nSPS) is 13.1. The Morgan fingerprint density at radius 1 is 0.312 bits per heavy atom. The summed E-state index contributed by atoms with van der Waals surface area (Å²) in [6.45, 7) is 0. The van der Waals surface area contributed by atoms with Crippen LogP contribution in [0.2, 0.25) is 0 Å². The van der Waals surface area contributed by atoms with Gasteiger partial charge in [-0.1, -0.05) is 194 Å². The number of nitrogens with zero attached hydrogens (tertiary/aromatic N) is 3. The van der Waals surface area contributed by atoms with Gasteiger partial charge < -0.3 is 0 Å². The molecule has 0 N–H and O–H groups in total. The fourth-order valence-corrected chi connectivity index (χ4v) is 11.4. The number of rotatable bonds is 5. The van der Waals surface area contributed by atoms with E-state index in [9.17, 15) is 0 Å². The molecule has 3 heterocycles. The lowest BCUT2D eigenvalue weighted by Crippen LogP contribution is -2.31. The highest BCUT2D eigenvalue weighted by atomic mass is 32.2. The van der Waals surface area contributed by atoms with Crippen LogP contribution in [0.25, 0.3) is 89.1 Å². The first-order valence-electron chi connectivity index (χ1n) is 21.8. The zero-order chi connectivity index (χ0) is 42.2. The predicted octanol–water partition coefficient (Wildman–Crippen LogP) is 15.3. The first kappa shape index (κ1) is 36.7. The molecule has 0 saturated heterocycles. The van der Waals surface area contributed by atoms with E-state index in [0.29, 0.717) is 5.82 Å². The van der Waals surface area contributed by atoms with Crippen LogP contribution < -0.4 is 0 Å². The van der Waals surface area contributed by atoms with Gasteiger partial charge in [0.1, 0.15) is 0 Å². The summed E-state index contributed by atoms with van der Waals surface area (Å²) in [7, 11) is 0.